The molecule has 0 aromatic heterocycles. The van der Waals surface area contributed by atoms with Gasteiger partial charge in [0.05, 0.1) is 0 Å². The van der Waals surface area contributed by atoms with Gasteiger partial charge in [0.15, 0.2) is 0 Å². The monoisotopic (exact) mass is 183 g/mol. The Hall–Kier alpha value is -1.18. The Morgan fingerprint density at radius 2 is 1.67 bits per heavy atom. The maximum Gasteiger partial charge on any atom is 0.320 e. The van der Waals surface area contributed by atoms with E-state index >= 15 is 0 Å². The number of carbonyl (C=O) groups is 2. The highest BCUT2D eigenvalue weighted by molar-refractivity contribution is 5.74. The molecule has 0 aromatic rings. The zero-order valence-corrected chi connectivity index (χ0v) is 6.28. The summed E-state index contributed by atoms with van der Waals surface area (Å²) < 4.78 is 0. The molecule has 74 valence electrons. The van der Waals surface area contributed by atoms with Crippen LogP contribution in [-0.2, 0) is 9.59 Å². The molecule has 0 bridgehead atoms. The highest BCUT2D eigenvalue weighted by Gasteiger charge is 2.12. The maximum atomic E-state index is 9.99. The van der Waals surface area contributed by atoms with Gasteiger partial charge in [-0.05, 0) is 6.42 Å². The SMILES string of the molecule is NC(CCC(=O)O)C(=O)O.O.O. The molecule has 7 nitrogen and oxygen atoms in total. The van der Waals surface area contributed by atoms with Crippen molar-refractivity contribution < 1.29 is 30.8 Å². The summed E-state index contributed by atoms with van der Waals surface area (Å²) in [4.78, 5) is 19.9. The minimum Gasteiger partial charge on any atom is -0.481 e. The van der Waals surface area contributed by atoms with Crippen molar-refractivity contribution in [2.75, 3.05) is 0 Å². The third kappa shape index (κ3) is 8.82. The van der Waals surface area contributed by atoms with E-state index in [1.165, 1.54) is 0 Å². The summed E-state index contributed by atoms with van der Waals surface area (Å²) in [5.41, 5.74) is 5.00. The fraction of sp³-hybridized carbons (Fsp3) is 0.600. The van der Waals surface area contributed by atoms with Gasteiger partial charge in [-0.1, -0.05) is 0 Å². The molecule has 0 aromatic carbocycles. The Morgan fingerprint density at radius 1 is 1.25 bits per heavy atom. The number of aliphatic carboxylic acids is 2. The van der Waals surface area contributed by atoms with Crippen LogP contribution in [-0.4, -0.2) is 39.1 Å². The molecular weight excluding hydrogens is 170 g/mol. The summed E-state index contributed by atoms with van der Waals surface area (Å²) in [6, 6.07) is -1.06. The lowest BCUT2D eigenvalue weighted by molar-refractivity contribution is -0.139. The first-order chi connectivity index (χ1) is 4.54. The van der Waals surface area contributed by atoms with Gasteiger partial charge in [-0.2, -0.15) is 0 Å². The lowest BCUT2D eigenvalue weighted by Crippen LogP contribution is -2.30. The van der Waals surface area contributed by atoms with Gasteiger partial charge in [0.1, 0.15) is 6.04 Å². The normalized spacial score (nSPS) is 10.4. The molecule has 0 amide bonds. The topological polar surface area (TPSA) is 164 Å². The van der Waals surface area contributed by atoms with Crippen LogP contribution in [0.3, 0.4) is 0 Å². The molecule has 0 rings (SSSR count). The molecule has 1 unspecified atom stereocenters. The van der Waals surface area contributed by atoms with E-state index in [4.69, 9.17) is 15.9 Å². The number of hydrogen-bond donors (Lipinski definition) is 3. The first kappa shape index (κ1) is 17.1. The van der Waals surface area contributed by atoms with Crippen molar-refractivity contribution in [1.29, 1.82) is 0 Å². The van der Waals surface area contributed by atoms with Gasteiger partial charge < -0.3 is 26.9 Å². The number of nitrogens with two attached hydrogens (primary N) is 1. The van der Waals surface area contributed by atoms with Gasteiger partial charge in [-0.25, -0.2) is 0 Å². The smallest absolute Gasteiger partial charge is 0.320 e. The van der Waals surface area contributed by atoms with Gasteiger partial charge in [0, 0.05) is 6.42 Å². The Labute approximate surface area is 68.4 Å². The van der Waals surface area contributed by atoms with Gasteiger partial charge >= 0.3 is 11.9 Å². The van der Waals surface area contributed by atoms with Gasteiger partial charge in [0.25, 0.3) is 0 Å². The summed E-state index contributed by atoms with van der Waals surface area (Å²) >= 11 is 0. The fourth-order valence-electron chi connectivity index (χ4n) is 0.402. The number of hydrogen-bond acceptors (Lipinski definition) is 3. The Bertz CT molecular complexity index is 147. The van der Waals surface area contributed by atoms with E-state index in [9.17, 15) is 9.59 Å². The minimum atomic E-state index is -1.17. The van der Waals surface area contributed by atoms with Crippen LogP contribution in [0.5, 0.6) is 0 Å². The van der Waals surface area contributed by atoms with Gasteiger partial charge in [-0.3, -0.25) is 9.59 Å². The molecule has 1 atom stereocenters. The number of carboxylic acid groups (broad SMARTS) is 2. The molecule has 0 heterocycles. The summed E-state index contributed by atoms with van der Waals surface area (Å²) in [6.45, 7) is 0. The maximum absolute atomic E-state index is 9.99. The van der Waals surface area contributed by atoms with Crippen LogP contribution in [0.15, 0.2) is 0 Å². The van der Waals surface area contributed by atoms with E-state index in [1.807, 2.05) is 0 Å². The predicted octanol–water partition coefficient (Wildman–Crippen LogP) is -2.39. The molecule has 0 aliphatic rings. The van der Waals surface area contributed by atoms with E-state index in [2.05, 4.69) is 0 Å². The number of rotatable bonds is 4. The molecule has 0 spiro atoms. The molecule has 8 N–H and O–H groups in total. The standard InChI is InChI=1S/C5H9NO4.2H2O/c6-3(5(9)10)1-2-4(7)8;;/h3H,1-2,6H2,(H,7,8)(H,9,10);2*1H2. The quantitative estimate of drug-likeness (QED) is 0.441. The largest absolute Gasteiger partial charge is 0.481 e. The van der Waals surface area contributed by atoms with Crippen LogP contribution >= 0.6 is 0 Å². The summed E-state index contributed by atoms with van der Waals surface area (Å²) in [7, 11) is 0. The average Bonchev–Trinajstić information content (AvgIpc) is 1.82. The number of carboxylic acids is 2. The van der Waals surface area contributed by atoms with Crippen LogP contribution in [0.1, 0.15) is 12.8 Å². The molecule has 0 fully saturated rings. The molecule has 0 saturated heterocycles. The highest BCUT2D eigenvalue weighted by atomic mass is 16.4. The van der Waals surface area contributed by atoms with Crippen molar-refractivity contribution in [2.24, 2.45) is 5.73 Å². The van der Waals surface area contributed by atoms with Crippen LogP contribution in [0.25, 0.3) is 0 Å². The van der Waals surface area contributed by atoms with Crippen molar-refractivity contribution in [3.63, 3.8) is 0 Å². The van der Waals surface area contributed by atoms with E-state index in [0.29, 0.717) is 0 Å². The van der Waals surface area contributed by atoms with Gasteiger partial charge in [0.2, 0.25) is 0 Å². The van der Waals surface area contributed by atoms with E-state index in [1.54, 1.807) is 0 Å². The van der Waals surface area contributed by atoms with Gasteiger partial charge in [-0.15, -0.1) is 0 Å². The minimum absolute atomic E-state index is 0. The van der Waals surface area contributed by atoms with Crippen LogP contribution in [0, 0.1) is 0 Å². The second-order valence-electron chi connectivity index (χ2n) is 1.88. The predicted molar refractivity (Wildman–Crippen MR) is 39.7 cm³/mol. The van der Waals surface area contributed by atoms with Crippen LogP contribution in [0.2, 0.25) is 0 Å². The summed E-state index contributed by atoms with van der Waals surface area (Å²) in [5, 5.41) is 16.3. The molecular formula is C5H13NO6. The third-order valence-electron chi connectivity index (χ3n) is 0.986. The Balaban J connectivity index is -0.000000405. The van der Waals surface area contributed by atoms with Crippen molar-refractivity contribution in [3.8, 4) is 0 Å². The van der Waals surface area contributed by atoms with Crippen molar-refractivity contribution in [1.82, 2.24) is 0 Å². The first-order valence-corrected chi connectivity index (χ1v) is 2.74. The van der Waals surface area contributed by atoms with Crippen molar-refractivity contribution in [3.05, 3.63) is 0 Å². The second kappa shape index (κ2) is 7.92. The first-order valence-electron chi connectivity index (χ1n) is 2.74. The van der Waals surface area contributed by atoms with Crippen molar-refractivity contribution >= 4 is 11.9 Å². The Kier molecular flexibility index (Phi) is 11.3. The fourth-order valence-corrected chi connectivity index (χ4v) is 0.402. The highest BCUT2D eigenvalue weighted by Crippen LogP contribution is 1.93. The molecule has 0 radical (unpaired) electrons. The zero-order chi connectivity index (χ0) is 8.15. The molecule has 12 heavy (non-hydrogen) atoms. The molecule has 0 aliphatic heterocycles. The Morgan fingerprint density at radius 3 is 1.92 bits per heavy atom. The zero-order valence-electron chi connectivity index (χ0n) is 6.28. The second-order valence-corrected chi connectivity index (χ2v) is 1.88. The molecule has 7 heteroatoms. The van der Waals surface area contributed by atoms with E-state index in [0.717, 1.165) is 0 Å². The van der Waals surface area contributed by atoms with Crippen LogP contribution < -0.4 is 5.73 Å². The van der Waals surface area contributed by atoms with Crippen molar-refractivity contribution in [2.45, 2.75) is 18.9 Å². The third-order valence-corrected chi connectivity index (χ3v) is 0.986. The lowest BCUT2D eigenvalue weighted by atomic mass is 10.2. The van der Waals surface area contributed by atoms with Crippen LogP contribution in [0.4, 0.5) is 0 Å². The lowest BCUT2D eigenvalue weighted by Gasteiger charge is -2.01. The summed E-state index contributed by atoms with van der Waals surface area (Å²) in [6.07, 6.45) is -0.224. The average molecular weight is 183 g/mol. The summed E-state index contributed by atoms with van der Waals surface area (Å²) in [5.74, 6) is -2.20. The van der Waals surface area contributed by atoms with E-state index in [-0.39, 0.29) is 23.8 Å². The van der Waals surface area contributed by atoms with E-state index < -0.39 is 18.0 Å². The molecule has 0 aliphatic carbocycles. The molecule has 0 saturated carbocycles.